The predicted octanol–water partition coefficient (Wildman–Crippen LogP) is 5.54. The third-order valence-electron chi connectivity index (χ3n) is 6.48. The van der Waals surface area contributed by atoms with Crippen molar-refractivity contribution < 1.29 is 0 Å². The zero-order chi connectivity index (χ0) is 21.1. The zero-order valence-corrected chi connectivity index (χ0v) is 18.4. The molecule has 0 spiro atoms. The molecule has 2 heterocycles. The first-order chi connectivity index (χ1) is 14.5. The van der Waals surface area contributed by atoms with Crippen LogP contribution in [0.3, 0.4) is 0 Å². The Morgan fingerprint density at radius 3 is 2.50 bits per heavy atom. The van der Waals surface area contributed by atoms with Gasteiger partial charge in [0.15, 0.2) is 0 Å². The zero-order valence-electron chi connectivity index (χ0n) is 18.4. The van der Waals surface area contributed by atoms with Gasteiger partial charge in [0.25, 0.3) is 5.56 Å². The molecule has 3 aromatic rings. The van der Waals surface area contributed by atoms with Gasteiger partial charge in [0.1, 0.15) is 5.65 Å². The van der Waals surface area contributed by atoms with Gasteiger partial charge in [0.05, 0.1) is 5.69 Å². The van der Waals surface area contributed by atoms with Crippen LogP contribution in [-0.4, -0.2) is 9.38 Å². The van der Waals surface area contributed by atoms with Crippen molar-refractivity contribution in [3.8, 4) is 0 Å². The van der Waals surface area contributed by atoms with E-state index in [1.807, 2.05) is 25.1 Å². The van der Waals surface area contributed by atoms with Gasteiger partial charge in [-0.25, -0.2) is 4.98 Å². The third-order valence-corrected chi connectivity index (χ3v) is 6.48. The van der Waals surface area contributed by atoms with Gasteiger partial charge in [0.2, 0.25) is 0 Å². The minimum Gasteiger partial charge on any atom is -0.304 e. The summed E-state index contributed by atoms with van der Waals surface area (Å²) in [5, 5.41) is 3.65. The van der Waals surface area contributed by atoms with Crippen molar-refractivity contribution in [1.29, 1.82) is 0 Å². The molecule has 0 saturated heterocycles. The number of nitrogens with one attached hydrogen (secondary N) is 1. The van der Waals surface area contributed by atoms with Crippen molar-refractivity contribution in [2.75, 3.05) is 0 Å². The van der Waals surface area contributed by atoms with Gasteiger partial charge in [-0.1, -0.05) is 63.4 Å². The van der Waals surface area contributed by atoms with Crippen LogP contribution in [0.4, 0.5) is 0 Å². The van der Waals surface area contributed by atoms with Gasteiger partial charge in [-0.2, -0.15) is 0 Å². The first-order valence-corrected chi connectivity index (χ1v) is 11.3. The van der Waals surface area contributed by atoms with E-state index in [1.54, 1.807) is 10.5 Å². The highest BCUT2D eigenvalue weighted by Gasteiger charge is 2.19. The Kier molecular flexibility index (Phi) is 6.33. The molecule has 0 radical (unpaired) electrons. The molecule has 1 N–H and O–H groups in total. The standard InChI is InChI=1S/C26H33N3O/c1-18(2)26(22-14-12-21(13-15-22)20-9-5-4-6-10-20)27-17-23-16-25(30)29-19(3)8-7-11-24(29)28-23/h7-8,11-16,18,20,26-27H,4-6,9-10,17H2,1-3H3/t26-/m1/s1. The fraction of sp³-hybridized carbons (Fsp3) is 0.462. The van der Waals surface area contributed by atoms with E-state index in [-0.39, 0.29) is 11.6 Å². The van der Waals surface area contributed by atoms with E-state index in [0.717, 1.165) is 17.3 Å². The first kappa shape index (κ1) is 20.8. The molecule has 4 nitrogen and oxygen atoms in total. The second kappa shape index (κ2) is 9.13. The van der Waals surface area contributed by atoms with Crippen LogP contribution in [0.1, 0.15) is 80.4 Å². The highest BCUT2D eigenvalue weighted by atomic mass is 16.1. The van der Waals surface area contributed by atoms with Crippen molar-refractivity contribution >= 4 is 5.65 Å². The summed E-state index contributed by atoms with van der Waals surface area (Å²) in [5.41, 5.74) is 5.17. The molecule has 30 heavy (non-hydrogen) atoms. The van der Waals surface area contributed by atoms with E-state index < -0.39 is 0 Å². The van der Waals surface area contributed by atoms with E-state index >= 15 is 0 Å². The largest absolute Gasteiger partial charge is 0.304 e. The molecular weight excluding hydrogens is 370 g/mol. The SMILES string of the molecule is Cc1cccc2nc(CN[C@@H](c3ccc(C4CCCCC4)cc3)C(C)C)cc(=O)n12. The Balaban J connectivity index is 1.50. The normalized spacial score (nSPS) is 16.3. The molecule has 1 aliphatic rings. The Morgan fingerprint density at radius 2 is 1.80 bits per heavy atom. The number of hydrogen-bond donors (Lipinski definition) is 1. The van der Waals surface area contributed by atoms with Crippen molar-refractivity contribution in [1.82, 2.24) is 14.7 Å². The Morgan fingerprint density at radius 1 is 1.07 bits per heavy atom. The number of hydrogen-bond acceptors (Lipinski definition) is 3. The van der Waals surface area contributed by atoms with E-state index in [9.17, 15) is 4.79 Å². The highest BCUT2D eigenvalue weighted by molar-refractivity contribution is 5.40. The molecular formula is C26H33N3O. The lowest BCUT2D eigenvalue weighted by Gasteiger charge is -2.25. The lowest BCUT2D eigenvalue weighted by Crippen LogP contribution is -2.27. The maximum atomic E-state index is 12.6. The fourth-order valence-electron chi connectivity index (χ4n) is 4.82. The molecule has 158 valence electrons. The number of fused-ring (bicyclic) bond motifs is 1. The van der Waals surface area contributed by atoms with E-state index in [2.05, 4.69) is 43.4 Å². The van der Waals surface area contributed by atoms with E-state index in [0.29, 0.717) is 18.1 Å². The minimum atomic E-state index is -0.0205. The molecule has 0 aliphatic heterocycles. The second-order valence-corrected chi connectivity index (χ2v) is 9.05. The lowest BCUT2D eigenvalue weighted by molar-refractivity contribution is 0.407. The number of nitrogens with zero attached hydrogens (tertiary/aromatic N) is 2. The van der Waals surface area contributed by atoms with Crippen LogP contribution in [0.5, 0.6) is 0 Å². The maximum absolute atomic E-state index is 12.6. The molecule has 4 rings (SSSR count). The number of aromatic nitrogens is 2. The summed E-state index contributed by atoms with van der Waals surface area (Å²) >= 11 is 0. The van der Waals surface area contributed by atoms with Gasteiger partial charge in [-0.15, -0.1) is 0 Å². The minimum absolute atomic E-state index is 0.0205. The third kappa shape index (κ3) is 4.49. The molecule has 1 saturated carbocycles. The molecule has 1 atom stereocenters. The monoisotopic (exact) mass is 403 g/mol. The van der Waals surface area contributed by atoms with E-state index in [1.165, 1.54) is 43.2 Å². The molecule has 1 fully saturated rings. The van der Waals surface area contributed by atoms with Crippen LogP contribution in [0.15, 0.2) is 53.3 Å². The number of benzene rings is 1. The molecule has 1 aromatic carbocycles. The number of aryl methyl sites for hydroxylation is 1. The first-order valence-electron chi connectivity index (χ1n) is 11.3. The smallest absolute Gasteiger partial charge is 0.258 e. The molecule has 0 amide bonds. The molecule has 1 aliphatic carbocycles. The Bertz CT molecular complexity index is 1050. The summed E-state index contributed by atoms with van der Waals surface area (Å²) in [7, 11) is 0. The van der Waals surface area contributed by atoms with Crippen molar-refractivity contribution in [3.05, 3.63) is 81.4 Å². The van der Waals surface area contributed by atoms with Gasteiger partial charge in [-0.05, 0) is 54.9 Å². The summed E-state index contributed by atoms with van der Waals surface area (Å²) in [4.78, 5) is 17.2. The topological polar surface area (TPSA) is 46.4 Å². The van der Waals surface area contributed by atoms with Crippen LogP contribution in [0.25, 0.3) is 5.65 Å². The summed E-state index contributed by atoms with van der Waals surface area (Å²) in [6, 6.07) is 16.9. The average Bonchev–Trinajstić information content (AvgIpc) is 2.74. The van der Waals surface area contributed by atoms with Crippen LogP contribution in [0, 0.1) is 12.8 Å². The molecule has 4 heteroatoms. The molecule has 0 unspecified atom stereocenters. The Labute approximate surface area is 179 Å². The van der Waals surface area contributed by atoms with Crippen molar-refractivity contribution in [2.45, 2.75) is 71.4 Å². The van der Waals surface area contributed by atoms with Gasteiger partial charge in [-0.3, -0.25) is 9.20 Å². The summed E-state index contributed by atoms with van der Waals surface area (Å²) in [6.45, 7) is 6.98. The van der Waals surface area contributed by atoms with Gasteiger partial charge >= 0.3 is 0 Å². The van der Waals surface area contributed by atoms with Crippen LogP contribution in [0.2, 0.25) is 0 Å². The maximum Gasteiger partial charge on any atom is 0.258 e. The van der Waals surface area contributed by atoms with Crippen LogP contribution < -0.4 is 10.9 Å². The highest BCUT2D eigenvalue weighted by Crippen LogP contribution is 2.33. The Hall–Kier alpha value is -2.46. The molecule has 2 aromatic heterocycles. The van der Waals surface area contributed by atoms with Crippen molar-refractivity contribution in [2.24, 2.45) is 5.92 Å². The summed E-state index contributed by atoms with van der Waals surface area (Å²) in [5.74, 6) is 1.17. The summed E-state index contributed by atoms with van der Waals surface area (Å²) in [6.07, 6.45) is 6.77. The number of pyridine rings is 1. The summed E-state index contributed by atoms with van der Waals surface area (Å²) < 4.78 is 1.66. The second-order valence-electron chi connectivity index (χ2n) is 9.05. The fourth-order valence-corrected chi connectivity index (χ4v) is 4.82. The van der Waals surface area contributed by atoms with E-state index in [4.69, 9.17) is 4.98 Å². The lowest BCUT2D eigenvalue weighted by atomic mass is 9.83. The predicted molar refractivity (Wildman–Crippen MR) is 123 cm³/mol. The molecule has 0 bridgehead atoms. The average molecular weight is 404 g/mol. The van der Waals surface area contributed by atoms with Crippen LogP contribution >= 0.6 is 0 Å². The number of rotatable bonds is 6. The van der Waals surface area contributed by atoms with Crippen molar-refractivity contribution in [3.63, 3.8) is 0 Å². The quantitative estimate of drug-likeness (QED) is 0.588. The van der Waals surface area contributed by atoms with Gasteiger partial charge < -0.3 is 5.32 Å². The van der Waals surface area contributed by atoms with Crippen LogP contribution in [-0.2, 0) is 6.54 Å². The van der Waals surface area contributed by atoms with Gasteiger partial charge in [0, 0.05) is 24.3 Å².